The predicted molar refractivity (Wildman–Crippen MR) is 107 cm³/mol. The van der Waals surface area contributed by atoms with Gasteiger partial charge in [0.1, 0.15) is 6.33 Å². The molecular formula is C20H18N8O2. The second-order valence-corrected chi connectivity index (χ2v) is 6.43. The molecule has 30 heavy (non-hydrogen) atoms. The predicted octanol–water partition coefficient (Wildman–Crippen LogP) is 1.24. The van der Waals surface area contributed by atoms with Crippen LogP contribution in [0.15, 0.2) is 73.3 Å². The molecule has 0 spiro atoms. The highest BCUT2D eigenvalue weighted by atomic mass is 16.2. The van der Waals surface area contributed by atoms with Crippen LogP contribution < -0.4 is 10.9 Å². The number of tetrazole rings is 1. The van der Waals surface area contributed by atoms with Gasteiger partial charge in [0, 0.05) is 18.2 Å². The van der Waals surface area contributed by atoms with E-state index in [1.54, 1.807) is 35.1 Å². The lowest BCUT2D eigenvalue weighted by atomic mass is 10.2. The van der Waals surface area contributed by atoms with Crippen LogP contribution in [0.3, 0.4) is 0 Å². The number of para-hydroxylation sites is 1. The molecule has 10 nitrogen and oxygen atoms in total. The van der Waals surface area contributed by atoms with Gasteiger partial charge in [-0.15, -0.1) is 5.10 Å². The van der Waals surface area contributed by atoms with Gasteiger partial charge < -0.3 is 0 Å². The van der Waals surface area contributed by atoms with Crippen LogP contribution in [0, 0.1) is 0 Å². The van der Waals surface area contributed by atoms with E-state index in [9.17, 15) is 9.59 Å². The van der Waals surface area contributed by atoms with Crippen molar-refractivity contribution in [3.63, 3.8) is 0 Å². The summed E-state index contributed by atoms with van der Waals surface area (Å²) in [7, 11) is 0. The van der Waals surface area contributed by atoms with E-state index in [0.717, 1.165) is 16.9 Å². The number of rotatable bonds is 6. The van der Waals surface area contributed by atoms with Crippen molar-refractivity contribution in [1.82, 2.24) is 40.8 Å². The summed E-state index contributed by atoms with van der Waals surface area (Å²) >= 11 is 0. The van der Waals surface area contributed by atoms with Crippen molar-refractivity contribution in [1.29, 1.82) is 0 Å². The van der Waals surface area contributed by atoms with Crippen LogP contribution >= 0.6 is 0 Å². The SMILES string of the molecule is O=C(CCc1cnn(-c2ccccc2)c1)NNC(=O)c1ccc(-n2cnnn2)cc1. The normalized spacial score (nSPS) is 10.5. The van der Waals surface area contributed by atoms with Crippen LogP contribution in [0.1, 0.15) is 22.3 Å². The number of carbonyl (C=O) groups is 2. The van der Waals surface area contributed by atoms with E-state index in [4.69, 9.17) is 0 Å². The smallest absolute Gasteiger partial charge is 0.269 e. The standard InChI is InChI=1S/C20H18N8O2/c29-19(11-6-15-12-22-27(13-15)17-4-2-1-3-5-17)23-24-20(30)16-7-9-18(10-8-16)28-14-21-25-26-28/h1-5,7-10,12-14H,6,11H2,(H,23,29)(H,24,30). The third-order valence-electron chi connectivity index (χ3n) is 4.36. The molecule has 0 aliphatic rings. The summed E-state index contributed by atoms with van der Waals surface area (Å²) in [6.07, 6.45) is 5.80. The van der Waals surface area contributed by atoms with Crippen molar-refractivity contribution in [2.75, 3.05) is 0 Å². The molecule has 0 fully saturated rings. The first kappa shape index (κ1) is 19.0. The van der Waals surface area contributed by atoms with E-state index >= 15 is 0 Å². The largest absolute Gasteiger partial charge is 0.273 e. The number of hydrogen-bond acceptors (Lipinski definition) is 6. The topological polar surface area (TPSA) is 120 Å². The molecule has 0 unspecified atom stereocenters. The van der Waals surface area contributed by atoms with Gasteiger partial charge in [-0.3, -0.25) is 20.4 Å². The summed E-state index contributed by atoms with van der Waals surface area (Å²) in [5, 5.41) is 15.2. The summed E-state index contributed by atoms with van der Waals surface area (Å²) in [5.41, 5.74) is 7.84. The van der Waals surface area contributed by atoms with E-state index in [1.165, 1.54) is 11.0 Å². The minimum Gasteiger partial charge on any atom is -0.273 e. The molecule has 10 heteroatoms. The Morgan fingerprint density at radius 1 is 0.900 bits per heavy atom. The molecule has 2 amide bonds. The lowest BCUT2D eigenvalue weighted by Gasteiger charge is -2.07. The maximum absolute atomic E-state index is 12.2. The summed E-state index contributed by atoms with van der Waals surface area (Å²) in [4.78, 5) is 24.3. The second kappa shape index (κ2) is 8.78. The van der Waals surface area contributed by atoms with Crippen LogP contribution in [0.5, 0.6) is 0 Å². The number of benzene rings is 2. The van der Waals surface area contributed by atoms with Gasteiger partial charge in [0.2, 0.25) is 5.91 Å². The molecule has 2 aromatic carbocycles. The minimum absolute atomic E-state index is 0.221. The Morgan fingerprint density at radius 2 is 1.67 bits per heavy atom. The number of carbonyl (C=O) groups excluding carboxylic acids is 2. The van der Waals surface area contributed by atoms with E-state index in [0.29, 0.717) is 12.0 Å². The number of hydrazine groups is 1. The molecule has 0 atom stereocenters. The minimum atomic E-state index is -0.413. The molecule has 2 N–H and O–H groups in total. The maximum atomic E-state index is 12.2. The molecule has 0 saturated heterocycles. The average molecular weight is 402 g/mol. The van der Waals surface area contributed by atoms with Crippen molar-refractivity contribution in [2.24, 2.45) is 0 Å². The number of nitrogens with one attached hydrogen (secondary N) is 2. The van der Waals surface area contributed by atoms with Crippen molar-refractivity contribution >= 4 is 11.8 Å². The van der Waals surface area contributed by atoms with Gasteiger partial charge in [0.15, 0.2) is 0 Å². The van der Waals surface area contributed by atoms with E-state index in [1.807, 2.05) is 36.5 Å². The Labute approximate surface area is 171 Å². The fourth-order valence-corrected chi connectivity index (χ4v) is 2.78. The third-order valence-corrected chi connectivity index (χ3v) is 4.36. The van der Waals surface area contributed by atoms with Crippen molar-refractivity contribution in [3.05, 3.63) is 84.4 Å². The Hall–Kier alpha value is -4.34. The van der Waals surface area contributed by atoms with Crippen molar-refractivity contribution in [2.45, 2.75) is 12.8 Å². The van der Waals surface area contributed by atoms with Gasteiger partial charge in [-0.1, -0.05) is 18.2 Å². The van der Waals surface area contributed by atoms with Gasteiger partial charge in [0.05, 0.1) is 17.6 Å². The number of nitrogens with zero attached hydrogens (tertiary/aromatic N) is 6. The second-order valence-electron chi connectivity index (χ2n) is 6.43. The lowest BCUT2D eigenvalue weighted by molar-refractivity contribution is -0.121. The molecule has 0 aliphatic carbocycles. The fourth-order valence-electron chi connectivity index (χ4n) is 2.78. The van der Waals surface area contributed by atoms with Crippen LogP contribution in [-0.2, 0) is 11.2 Å². The zero-order valence-electron chi connectivity index (χ0n) is 15.8. The number of aromatic nitrogens is 6. The van der Waals surface area contributed by atoms with Crippen LogP contribution in [-0.4, -0.2) is 41.8 Å². The number of hydrogen-bond donors (Lipinski definition) is 2. The van der Waals surface area contributed by atoms with E-state index < -0.39 is 5.91 Å². The first-order valence-electron chi connectivity index (χ1n) is 9.20. The average Bonchev–Trinajstić information content (AvgIpc) is 3.49. The molecule has 0 aliphatic heterocycles. The van der Waals surface area contributed by atoms with Crippen molar-refractivity contribution < 1.29 is 9.59 Å². The molecule has 2 aromatic heterocycles. The van der Waals surface area contributed by atoms with Gasteiger partial charge in [0.25, 0.3) is 5.91 Å². The van der Waals surface area contributed by atoms with Gasteiger partial charge in [-0.05, 0) is 58.8 Å². The van der Waals surface area contributed by atoms with E-state index in [2.05, 4.69) is 31.5 Å². The van der Waals surface area contributed by atoms with Crippen LogP contribution in [0.4, 0.5) is 0 Å². The Bertz CT molecular complexity index is 1120. The molecular weight excluding hydrogens is 384 g/mol. The monoisotopic (exact) mass is 402 g/mol. The van der Waals surface area contributed by atoms with Gasteiger partial charge in [-0.2, -0.15) is 5.10 Å². The lowest BCUT2D eigenvalue weighted by Crippen LogP contribution is -2.41. The first-order valence-corrected chi connectivity index (χ1v) is 9.20. The Kier molecular flexibility index (Phi) is 5.56. The summed E-state index contributed by atoms with van der Waals surface area (Å²) in [6, 6.07) is 16.4. The van der Waals surface area contributed by atoms with E-state index in [-0.39, 0.29) is 12.3 Å². The van der Waals surface area contributed by atoms with Gasteiger partial charge in [-0.25, -0.2) is 9.36 Å². The zero-order valence-corrected chi connectivity index (χ0v) is 15.8. The molecule has 0 saturated carbocycles. The quantitative estimate of drug-likeness (QED) is 0.468. The van der Waals surface area contributed by atoms with Crippen LogP contribution in [0.2, 0.25) is 0 Å². The van der Waals surface area contributed by atoms with Gasteiger partial charge >= 0.3 is 0 Å². The van der Waals surface area contributed by atoms with Crippen molar-refractivity contribution in [3.8, 4) is 11.4 Å². The molecule has 4 rings (SSSR count). The molecule has 4 aromatic rings. The maximum Gasteiger partial charge on any atom is 0.269 e. The van der Waals surface area contributed by atoms with Crippen LogP contribution in [0.25, 0.3) is 11.4 Å². The molecule has 150 valence electrons. The Morgan fingerprint density at radius 3 is 2.40 bits per heavy atom. The highest BCUT2D eigenvalue weighted by Gasteiger charge is 2.09. The number of amides is 2. The first-order chi connectivity index (χ1) is 14.7. The summed E-state index contributed by atoms with van der Waals surface area (Å²) in [5.74, 6) is -0.704. The Balaban J connectivity index is 1.25. The zero-order chi connectivity index (χ0) is 20.8. The highest BCUT2D eigenvalue weighted by Crippen LogP contribution is 2.09. The molecule has 0 radical (unpaired) electrons. The fraction of sp³-hybridized carbons (Fsp3) is 0.100. The third kappa shape index (κ3) is 4.55. The summed E-state index contributed by atoms with van der Waals surface area (Å²) < 4.78 is 3.23. The summed E-state index contributed by atoms with van der Waals surface area (Å²) in [6.45, 7) is 0. The molecule has 0 bridgehead atoms. The highest BCUT2D eigenvalue weighted by molar-refractivity contribution is 5.95. The molecule has 2 heterocycles. The number of aryl methyl sites for hydroxylation is 1.